The molecule has 0 N–H and O–H groups in total. The van der Waals surface area contributed by atoms with E-state index in [0.29, 0.717) is 16.7 Å². The normalized spacial score (nSPS) is 11.8. The lowest BCUT2D eigenvalue weighted by Gasteiger charge is -2.18. The second-order valence-corrected chi connectivity index (χ2v) is 33.2. The largest absolute Gasteiger partial charge is 0.459 e. The van der Waals surface area contributed by atoms with Gasteiger partial charge in [-0.25, -0.2) is 14.4 Å². The predicted octanol–water partition coefficient (Wildman–Crippen LogP) is 30.5. The molecule has 0 spiro atoms. The third-order valence-corrected chi connectivity index (χ3v) is 23.7. The first kappa shape index (κ1) is 90.6. The van der Waals surface area contributed by atoms with Crippen molar-refractivity contribution < 1.29 is 28.6 Å². The van der Waals surface area contributed by atoms with Gasteiger partial charge in [-0.2, -0.15) is 0 Å². The van der Waals surface area contributed by atoms with Gasteiger partial charge in [0.05, 0.1) is 16.7 Å². The summed E-state index contributed by atoms with van der Waals surface area (Å²) in [6.07, 6.45) is 38.0. The van der Waals surface area contributed by atoms with E-state index < -0.39 is 0 Å². The summed E-state index contributed by atoms with van der Waals surface area (Å²) in [6.45, 7) is 13.3. The number of hydrogen-bond donors (Lipinski definition) is 0. The molecule has 0 fully saturated rings. The van der Waals surface area contributed by atoms with Gasteiger partial charge in [-0.15, -0.1) is 35.3 Å². The Balaban J connectivity index is 0.000000231. The Kier molecular flexibility index (Phi) is 46.2. The SMILES string of the molecule is CCCCCCCCSc1ccc(-c2ccc(C(=O)OC(CCCC)CCCc3ccccc3)cc2)cc1.CCCCCCCSc1ccc(-c2ccc(C(=O)OC(CCCC)CCCc3ccccc3)cc2)cc1.CCCCCCSc1ccc(-c2ccc(C(=O)OC(CCCC)CCCc3ccccc3)cc2)cc1. The number of carbonyl (C=O) groups excluding carboxylic acids is 3. The minimum Gasteiger partial charge on any atom is -0.459 e. The summed E-state index contributed by atoms with van der Waals surface area (Å²) in [5.74, 6) is 2.93. The van der Waals surface area contributed by atoms with Crippen LogP contribution in [0.25, 0.3) is 33.4 Å². The molecule has 6 nitrogen and oxygen atoms in total. The van der Waals surface area contributed by atoms with E-state index in [0.717, 1.165) is 132 Å². The fraction of sp³-hybridized carbons (Fsp3) is 0.441. The minimum absolute atomic E-state index is 0.0205. The van der Waals surface area contributed by atoms with Crippen molar-refractivity contribution in [2.24, 2.45) is 0 Å². The zero-order valence-electron chi connectivity index (χ0n) is 68.4. The summed E-state index contributed by atoms with van der Waals surface area (Å²) in [6, 6.07) is 81.5. The molecule has 0 bridgehead atoms. The van der Waals surface area contributed by atoms with Gasteiger partial charge in [-0.3, -0.25) is 0 Å². The molecule has 111 heavy (non-hydrogen) atoms. The smallest absolute Gasteiger partial charge is 0.338 e. The predicted molar refractivity (Wildman–Crippen MR) is 478 cm³/mol. The maximum Gasteiger partial charge on any atom is 0.338 e. The molecular formula is C102H132O6S3. The lowest BCUT2D eigenvalue weighted by Crippen LogP contribution is -2.18. The average molecular weight is 1550 g/mol. The number of ether oxygens (including phenoxy) is 3. The molecular weight excluding hydrogens is 1420 g/mol. The zero-order chi connectivity index (χ0) is 78.4. The Morgan fingerprint density at radius 2 is 0.441 bits per heavy atom. The second-order valence-electron chi connectivity index (χ2n) is 29.7. The molecule has 0 aromatic heterocycles. The number of unbranched alkanes of at least 4 members (excludes halogenated alkanes) is 15. The molecule has 3 atom stereocenters. The van der Waals surface area contributed by atoms with E-state index in [1.54, 1.807) is 0 Å². The van der Waals surface area contributed by atoms with Crippen molar-refractivity contribution in [3.8, 4) is 33.4 Å². The minimum atomic E-state index is -0.211. The summed E-state index contributed by atoms with van der Waals surface area (Å²) in [5, 5.41) is 0. The number of thioether (sulfide) groups is 3. The van der Waals surface area contributed by atoms with E-state index in [4.69, 9.17) is 14.2 Å². The molecule has 9 aromatic carbocycles. The molecule has 594 valence electrons. The molecule has 0 radical (unpaired) electrons. The van der Waals surface area contributed by atoms with Gasteiger partial charge in [-0.05, 0) is 236 Å². The van der Waals surface area contributed by atoms with Gasteiger partial charge in [0.15, 0.2) is 0 Å². The topological polar surface area (TPSA) is 78.9 Å². The maximum absolute atomic E-state index is 12.9. The summed E-state index contributed by atoms with van der Waals surface area (Å²) in [5.41, 5.74) is 12.8. The van der Waals surface area contributed by atoms with Crippen LogP contribution in [0.1, 0.15) is 282 Å². The summed E-state index contributed by atoms with van der Waals surface area (Å²) in [4.78, 5) is 42.7. The Labute approximate surface area is 684 Å². The van der Waals surface area contributed by atoms with Gasteiger partial charge in [0, 0.05) is 14.7 Å². The van der Waals surface area contributed by atoms with Crippen molar-refractivity contribution in [3.63, 3.8) is 0 Å². The molecule has 0 aliphatic rings. The van der Waals surface area contributed by atoms with Crippen molar-refractivity contribution in [2.75, 3.05) is 17.3 Å². The highest BCUT2D eigenvalue weighted by atomic mass is 32.2. The molecule has 0 saturated heterocycles. The van der Waals surface area contributed by atoms with Crippen molar-refractivity contribution in [2.45, 2.75) is 286 Å². The van der Waals surface area contributed by atoms with Crippen molar-refractivity contribution in [1.82, 2.24) is 0 Å². The van der Waals surface area contributed by atoms with E-state index in [2.05, 4.69) is 187 Å². The molecule has 0 saturated carbocycles. The lowest BCUT2D eigenvalue weighted by molar-refractivity contribution is 0.0242. The third kappa shape index (κ3) is 37.3. The monoisotopic (exact) mass is 1550 g/mol. The van der Waals surface area contributed by atoms with E-state index in [1.165, 1.54) is 162 Å². The molecule has 0 aliphatic heterocycles. The average Bonchev–Trinajstić information content (AvgIpc) is 0.854. The van der Waals surface area contributed by atoms with Crippen LogP contribution < -0.4 is 0 Å². The van der Waals surface area contributed by atoms with Gasteiger partial charge < -0.3 is 14.2 Å². The molecule has 9 heteroatoms. The van der Waals surface area contributed by atoms with Gasteiger partial charge >= 0.3 is 17.9 Å². The molecule has 3 unspecified atom stereocenters. The number of esters is 3. The van der Waals surface area contributed by atoms with Crippen LogP contribution in [0.15, 0.2) is 251 Å². The number of hydrogen-bond acceptors (Lipinski definition) is 9. The summed E-state index contributed by atoms with van der Waals surface area (Å²) >= 11 is 5.83. The van der Waals surface area contributed by atoms with Crippen molar-refractivity contribution >= 4 is 53.2 Å². The molecule has 0 amide bonds. The number of benzene rings is 9. The first-order valence-electron chi connectivity index (χ1n) is 42.8. The van der Waals surface area contributed by atoms with Crippen molar-refractivity contribution in [3.05, 3.63) is 270 Å². The second kappa shape index (κ2) is 56.6. The first-order valence-corrected chi connectivity index (χ1v) is 45.8. The van der Waals surface area contributed by atoms with Crippen LogP contribution in [0.5, 0.6) is 0 Å². The number of aryl methyl sites for hydroxylation is 3. The maximum atomic E-state index is 12.9. The van der Waals surface area contributed by atoms with Crippen LogP contribution >= 0.6 is 35.3 Å². The Bertz CT molecular complexity index is 3850. The molecule has 0 aliphatic carbocycles. The highest BCUT2D eigenvalue weighted by molar-refractivity contribution is 7.99. The quantitative estimate of drug-likeness (QED) is 0.0160. The van der Waals surface area contributed by atoms with Gasteiger partial charge in [0.25, 0.3) is 0 Å². The van der Waals surface area contributed by atoms with Gasteiger partial charge in [0.1, 0.15) is 18.3 Å². The van der Waals surface area contributed by atoms with Crippen molar-refractivity contribution in [1.29, 1.82) is 0 Å². The van der Waals surface area contributed by atoms with Crippen LogP contribution in [-0.2, 0) is 33.5 Å². The third-order valence-electron chi connectivity index (χ3n) is 20.4. The van der Waals surface area contributed by atoms with E-state index in [9.17, 15) is 14.4 Å². The van der Waals surface area contributed by atoms with E-state index >= 15 is 0 Å². The van der Waals surface area contributed by atoms with Crippen LogP contribution in [0.2, 0.25) is 0 Å². The fourth-order valence-corrected chi connectivity index (χ4v) is 16.3. The molecule has 9 aromatic rings. The highest BCUT2D eigenvalue weighted by Gasteiger charge is 2.20. The Morgan fingerprint density at radius 3 is 0.685 bits per heavy atom. The lowest BCUT2D eigenvalue weighted by atomic mass is 10.0. The zero-order valence-corrected chi connectivity index (χ0v) is 70.8. The van der Waals surface area contributed by atoms with Crippen LogP contribution in [0.3, 0.4) is 0 Å². The van der Waals surface area contributed by atoms with Crippen LogP contribution in [0, 0.1) is 0 Å². The van der Waals surface area contributed by atoms with Crippen LogP contribution in [-0.4, -0.2) is 53.5 Å². The van der Waals surface area contributed by atoms with Gasteiger partial charge in [0.2, 0.25) is 0 Å². The van der Waals surface area contributed by atoms with Gasteiger partial charge in [-0.1, -0.05) is 321 Å². The van der Waals surface area contributed by atoms with E-state index in [1.807, 2.05) is 126 Å². The molecule has 9 rings (SSSR count). The Morgan fingerprint density at radius 1 is 0.234 bits per heavy atom. The number of carbonyl (C=O) groups is 3. The Hall–Kier alpha value is -7.56. The fourth-order valence-electron chi connectivity index (χ4n) is 13.6. The first-order chi connectivity index (χ1) is 54.6. The standard InChI is InChI=1S/C35H46O2S.C34H44O2S.C33H42O2S/c1-3-5-7-8-9-13-28-38-34-26-24-31(25-27-34)30-20-22-32(23-21-30)35(36)37-33(18-6-4-2)19-14-17-29-15-11-10-12-16-29;1-3-5-7-8-12-27-37-33-25-23-30(24-26-33)29-19-21-31(22-20-29)34(35)36-32(17-6-4-2)18-13-16-28-14-10-9-11-15-28;1-3-5-7-11-26-36-32-24-22-29(23-25-32)28-18-20-30(21-19-28)33(34)35-31(16-6-4-2)17-12-15-27-13-9-8-10-14-27/h10-12,15-16,20-27,33H,3-9,13-14,17-19,28H2,1-2H3;9-11,14-15,19-26,32H,3-8,12-13,16-18,27H2,1-2H3;8-10,13-14,18-25,31H,3-7,11-12,15-17,26H2,1-2H3. The molecule has 0 heterocycles. The highest BCUT2D eigenvalue weighted by Crippen LogP contribution is 2.31. The van der Waals surface area contributed by atoms with E-state index in [-0.39, 0.29) is 36.2 Å². The van der Waals surface area contributed by atoms with Crippen LogP contribution in [0.4, 0.5) is 0 Å². The number of rotatable bonds is 51. The summed E-state index contributed by atoms with van der Waals surface area (Å²) < 4.78 is 17.9. The summed E-state index contributed by atoms with van der Waals surface area (Å²) in [7, 11) is 0.